The number of nitrogens with zero attached hydrogens (tertiary/aromatic N) is 1. The predicted octanol–water partition coefficient (Wildman–Crippen LogP) is 15.1. The number of fused-ring (bicyclic) bond motifs is 10. The van der Waals surface area contributed by atoms with Gasteiger partial charge in [0.15, 0.2) is 5.58 Å². The first-order valence-corrected chi connectivity index (χ1v) is 18.8. The lowest BCUT2D eigenvalue weighted by Crippen LogP contribution is -2.19. The molecule has 0 fully saturated rings. The van der Waals surface area contributed by atoms with E-state index in [9.17, 15) is 0 Å². The van der Waals surface area contributed by atoms with Crippen LogP contribution in [0.1, 0.15) is 26.3 Å². The Labute approximate surface area is 314 Å². The first-order valence-electron chi connectivity index (χ1n) is 18.8. The SMILES string of the molecule is CC(C)(C)c1ccc2ccccc2c1N(c1ccc2cc3c(cc2c1)-c1cc2cc(-c4ccccc4)ccc2cc1-3)c1cccc2c1oc1ccccc12. The lowest BCUT2D eigenvalue weighted by molar-refractivity contribution is 0.591. The van der Waals surface area contributed by atoms with E-state index in [0.717, 1.165) is 33.3 Å². The summed E-state index contributed by atoms with van der Waals surface area (Å²) in [5, 5.41) is 9.66. The molecule has 0 aliphatic heterocycles. The number of anilines is 3. The molecule has 0 bridgehead atoms. The summed E-state index contributed by atoms with van der Waals surface area (Å²) in [6.45, 7) is 6.93. The highest BCUT2D eigenvalue weighted by Gasteiger charge is 2.29. The second kappa shape index (κ2) is 11.4. The molecule has 0 amide bonds. The molecule has 0 N–H and O–H groups in total. The summed E-state index contributed by atoms with van der Waals surface area (Å²) in [4.78, 5) is 2.46. The van der Waals surface area contributed by atoms with Crippen molar-refractivity contribution in [3.05, 3.63) is 175 Å². The number of para-hydroxylation sites is 2. The van der Waals surface area contributed by atoms with Crippen molar-refractivity contribution in [2.75, 3.05) is 4.90 Å². The minimum atomic E-state index is -0.119. The molecule has 0 radical (unpaired) electrons. The molecule has 11 rings (SSSR count). The fourth-order valence-electron chi connectivity index (χ4n) is 8.76. The topological polar surface area (TPSA) is 16.4 Å². The molecule has 9 aromatic carbocycles. The van der Waals surface area contributed by atoms with Crippen molar-refractivity contribution in [3.63, 3.8) is 0 Å². The van der Waals surface area contributed by atoms with Gasteiger partial charge in [-0.05, 0) is 126 Å². The van der Waals surface area contributed by atoms with Crippen molar-refractivity contribution in [2.24, 2.45) is 0 Å². The summed E-state index contributed by atoms with van der Waals surface area (Å²) < 4.78 is 6.75. The highest BCUT2D eigenvalue weighted by molar-refractivity contribution is 6.14. The molecule has 1 aliphatic rings. The number of hydrogen-bond donors (Lipinski definition) is 0. The summed E-state index contributed by atoms with van der Waals surface area (Å²) in [5.74, 6) is 0. The van der Waals surface area contributed by atoms with Crippen molar-refractivity contribution >= 4 is 71.3 Å². The molecule has 1 aromatic heterocycles. The van der Waals surface area contributed by atoms with Crippen LogP contribution >= 0.6 is 0 Å². The average Bonchev–Trinajstić information content (AvgIpc) is 3.59. The lowest BCUT2D eigenvalue weighted by atomic mass is 9.77. The van der Waals surface area contributed by atoms with Gasteiger partial charge in [0.25, 0.3) is 0 Å². The van der Waals surface area contributed by atoms with E-state index in [1.54, 1.807) is 0 Å². The first kappa shape index (κ1) is 30.9. The molecular formula is C52H37NO. The molecule has 0 atom stereocenters. The number of hydrogen-bond acceptors (Lipinski definition) is 2. The van der Waals surface area contributed by atoms with Crippen molar-refractivity contribution < 1.29 is 4.42 Å². The Morgan fingerprint density at radius 1 is 0.426 bits per heavy atom. The third-order valence-corrected chi connectivity index (χ3v) is 11.4. The van der Waals surface area contributed by atoms with Gasteiger partial charge in [-0.3, -0.25) is 0 Å². The smallest absolute Gasteiger partial charge is 0.159 e. The van der Waals surface area contributed by atoms with Crippen molar-refractivity contribution in [1.82, 2.24) is 0 Å². The van der Waals surface area contributed by atoms with E-state index < -0.39 is 0 Å². The molecule has 10 aromatic rings. The highest BCUT2D eigenvalue weighted by atomic mass is 16.3. The zero-order valence-electron chi connectivity index (χ0n) is 30.5. The third-order valence-electron chi connectivity index (χ3n) is 11.4. The van der Waals surface area contributed by atoms with Gasteiger partial charge in [0.1, 0.15) is 5.58 Å². The van der Waals surface area contributed by atoms with Crippen LogP contribution in [-0.2, 0) is 5.41 Å². The Balaban J connectivity index is 1.13. The molecule has 1 aliphatic carbocycles. The van der Waals surface area contributed by atoms with Crippen LogP contribution in [0.4, 0.5) is 17.1 Å². The van der Waals surface area contributed by atoms with Gasteiger partial charge in [0.2, 0.25) is 0 Å². The Kier molecular flexibility index (Phi) is 6.55. The number of benzene rings is 9. The summed E-state index contributed by atoms with van der Waals surface area (Å²) >= 11 is 0. The standard InChI is InChI=1S/C52H37NO/c1-52(2,3)47-25-23-33-14-7-8-15-40(33)50(47)53(48-18-11-17-42-41-16-9-10-19-49(41)54-51(42)48)39-24-22-36-29-44-43-28-35-21-20-34(32-12-5-4-6-13-32)26-37(35)30-45(43)46(44)31-38(36)27-39/h4-31H,1-3H3. The van der Waals surface area contributed by atoms with Crippen LogP contribution in [0.15, 0.2) is 174 Å². The minimum absolute atomic E-state index is 0.119. The van der Waals surface area contributed by atoms with Crippen molar-refractivity contribution in [3.8, 4) is 33.4 Å². The number of rotatable bonds is 4. The summed E-state index contributed by atoms with van der Waals surface area (Å²) in [6.07, 6.45) is 0. The van der Waals surface area contributed by atoms with Gasteiger partial charge in [-0.2, -0.15) is 0 Å². The Morgan fingerprint density at radius 3 is 1.80 bits per heavy atom. The van der Waals surface area contributed by atoms with Gasteiger partial charge in [-0.1, -0.05) is 136 Å². The average molecular weight is 692 g/mol. The molecular weight excluding hydrogens is 655 g/mol. The number of furan rings is 1. The van der Waals surface area contributed by atoms with Crippen LogP contribution in [0.3, 0.4) is 0 Å². The van der Waals surface area contributed by atoms with Gasteiger partial charge in [0, 0.05) is 21.8 Å². The Hall–Kier alpha value is -6.64. The molecule has 0 unspecified atom stereocenters. The Bertz CT molecular complexity index is 3140. The van der Waals surface area contributed by atoms with Crippen molar-refractivity contribution in [1.29, 1.82) is 0 Å². The van der Waals surface area contributed by atoms with Crippen LogP contribution in [0.5, 0.6) is 0 Å². The molecule has 2 heteroatoms. The minimum Gasteiger partial charge on any atom is -0.454 e. The van der Waals surface area contributed by atoms with Crippen molar-refractivity contribution in [2.45, 2.75) is 26.2 Å². The predicted molar refractivity (Wildman–Crippen MR) is 229 cm³/mol. The molecule has 54 heavy (non-hydrogen) atoms. The van der Waals surface area contributed by atoms with Gasteiger partial charge in [-0.15, -0.1) is 0 Å². The van der Waals surface area contributed by atoms with E-state index >= 15 is 0 Å². The van der Waals surface area contributed by atoms with Crippen LogP contribution in [-0.4, -0.2) is 0 Å². The maximum absolute atomic E-state index is 6.75. The lowest BCUT2D eigenvalue weighted by Gasteiger charge is -2.33. The van der Waals surface area contributed by atoms with Crippen LogP contribution in [0.25, 0.3) is 87.6 Å². The molecule has 1 heterocycles. The Morgan fingerprint density at radius 2 is 1.04 bits per heavy atom. The monoisotopic (exact) mass is 691 g/mol. The highest BCUT2D eigenvalue weighted by Crippen LogP contribution is 2.52. The van der Waals surface area contributed by atoms with E-state index in [0.29, 0.717) is 0 Å². The van der Waals surface area contributed by atoms with Crippen LogP contribution in [0, 0.1) is 0 Å². The van der Waals surface area contributed by atoms with Gasteiger partial charge in [0.05, 0.1) is 11.4 Å². The van der Waals surface area contributed by atoms with Gasteiger partial charge in [-0.25, -0.2) is 0 Å². The summed E-state index contributed by atoms with van der Waals surface area (Å²) in [6, 6.07) is 62.2. The fraction of sp³-hybridized carbons (Fsp3) is 0.0769. The van der Waals surface area contributed by atoms with E-state index in [4.69, 9.17) is 4.42 Å². The normalized spacial score (nSPS) is 12.4. The second-order valence-electron chi connectivity index (χ2n) is 15.8. The first-order chi connectivity index (χ1) is 26.4. The van der Waals surface area contributed by atoms with E-state index in [1.165, 1.54) is 76.9 Å². The van der Waals surface area contributed by atoms with E-state index in [1.807, 2.05) is 6.07 Å². The molecule has 0 saturated carbocycles. The molecule has 256 valence electrons. The summed E-state index contributed by atoms with van der Waals surface area (Å²) in [5.41, 5.74) is 14.0. The largest absolute Gasteiger partial charge is 0.454 e. The molecule has 0 spiro atoms. The third kappa shape index (κ3) is 4.66. The van der Waals surface area contributed by atoms with Gasteiger partial charge >= 0.3 is 0 Å². The van der Waals surface area contributed by atoms with E-state index in [2.05, 4.69) is 189 Å². The quantitative estimate of drug-likeness (QED) is 0.183. The zero-order chi connectivity index (χ0) is 36.1. The second-order valence-corrected chi connectivity index (χ2v) is 15.8. The molecule has 2 nitrogen and oxygen atoms in total. The van der Waals surface area contributed by atoms with Crippen LogP contribution < -0.4 is 4.90 Å². The van der Waals surface area contributed by atoms with Gasteiger partial charge < -0.3 is 9.32 Å². The van der Waals surface area contributed by atoms with E-state index in [-0.39, 0.29) is 5.41 Å². The zero-order valence-corrected chi connectivity index (χ0v) is 30.5. The maximum atomic E-state index is 6.75. The maximum Gasteiger partial charge on any atom is 0.159 e. The fourth-order valence-corrected chi connectivity index (χ4v) is 8.76. The summed E-state index contributed by atoms with van der Waals surface area (Å²) in [7, 11) is 0. The molecule has 0 saturated heterocycles. The van der Waals surface area contributed by atoms with Crippen LogP contribution in [0.2, 0.25) is 0 Å².